The Bertz CT molecular complexity index is 1140. The standard InChI is InChI=1S/C16H14Br2N8S4Si/c1-31(2,29-15-23-19-9-25(15)21-7-11-3-5-13(17)27-11)30-16-24-20-10-26(16)22-8-12-4-6-14(18)28-12/h3-10H,1-2H3/b21-7+,22-8+. The lowest BCUT2D eigenvalue weighted by Gasteiger charge is -2.18. The summed E-state index contributed by atoms with van der Waals surface area (Å²) >= 11 is 13.5. The monoisotopic (exact) mass is 632 g/mol. The molecule has 0 fully saturated rings. The number of halogens is 2. The van der Waals surface area contributed by atoms with Gasteiger partial charge in [0.15, 0.2) is 6.37 Å². The molecule has 0 unspecified atom stereocenters. The van der Waals surface area contributed by atoms with Crippen LogP contribution in [0.5, 0.6) is 0 Å². The summed E-state index contributed by atoms with van der Waals surface area (Å²) in [6, 6.07) is 8.01. The number of nitrogens with zero attached hydrogens (tertiary/aromatic N) is 8. The molecule has 0 N–H and O–H groups in total. The Hall–Kier alpha value is -1.10. The third kappa shape index (κ3) is 6.46. The number of thiophene rings is 2. The first-order valence-corrected chi connectivity index (χ1v) is 18.0. The number of rotatable bonds is 8. The average molecular weight is 635 g/mol. The molecule has 0 saturated heterocycles. The van der Waals surface area contributed by atoms with Crippen LogP contribution in [-0.2, 0) is 0 Å². The molecule has 4 aromatic heterocycles. The van der Waals surface area contributed by atoms with Crippen LogP contribution in [0.2, 0.25) is 13.1 Å². The van der Waals surface area contributed by atoms with Crippen LogP contribution in [0.15, 0.2) is 65.0 Å². The van der Waals surface area contributed by atoms with Gasteiger partial charge in [0, 0.05) is 9.75 Å². The van der Waals surface area contributed by atoms with E-state index in [9.17, 15) is 0 Å². The normalized spacial score (nSPS) is 12.5. The molecule has 8 nitrogen and oxygen atoms in total. The Morgan fingerprint density at radius 2 is 1.29 bits per heavy atom. The van der Waals surface area contributed by atoms with E-state index >= 15 is 0 Å². The molecule has 0 aliphatic rings. The minimum Gasteiger partial charge on any atom is -0.195 e. The molecule has 0 saturated carbocycles. The fourth-order valence-corrected chi connectivity index (χ4v) is 11.6. The van der Waals surface area contributed by atoms with E-state index in [1.54, 1.807) is 79.5 Å². The van der Waals surface area contributed by atoms with Crippen molar-refractivity contribution in [2.45, 2.75) is 23.4 Å². The van der Waals surface area contributed by atoms with E-state index in [0.717, 1.165) is 27.6 Å². The molecule has 31 heavy (non-hydrogen) atoms. The summed E-state index contributed by atoms with van der Waals surface area (Å²) in [4.78, 5) is 2.09. The van der Waals surface area contributed by atoms with Gasteiger partial charge in [-0.15, -0.1) is 43.1 Å². The first kappa shape index (κ1) is 23.1. The molecule has 0 aliphatic heterocycles. The van der Waals surface area contributed by atoms with Crippen LogP contribution < -0.4 is 0 Å². The van der Waals surface area contributed by atoms with Gasteiger partial charge >= 0.3 is 0 Å². The van der Waals surface area contributed by atoms with Crippen LogP contribution in [-0.4, -0.2) is 48.5 Å². The van der Waals surface area contributed by atoms with Gasteiger partial charge in [-0.1, -0.05) is 35.5 Å². The Kier molecular flexibility index (Phi) is 7.61. The summed E-state index contributed by atoms with van der Waals surface area (Å²) in [7, 11) is 0. The van der Waals surface area contributed by atoms with Gasteiger partial charge < -0.3 is 0 Å². The molecule has 0 bridgehead atoms. The first-order chi connectivity index (χ1) is 14.9. The SMILES string of the molecule is C[Si](C)(Sc1nncn1/N=C/c1ccc(Br)s1)Sc1nncn1/N=C/c1ccc(Br)s1. The van der Waals surface area contributed by atoms with E-state index in [0.29, 0.717) is 0 Å². The van der Waals surface area contributed by atoms with Crippen LogP contribution in [0.3, 0.4) is 0 Å². The fourth-order valence-electron chi connectivity index (χ4n) is 2.23. The predicted octanol–water partition coefficient (Wildman–Crippen LogP) is 5.87. The second-order valence-electron chi connectivity index (χ2n) is 6.29. The molecule has 0 radical (unpaired) electrons. The molecule has 160 valence electrons. The molecule has 4 rings (SSSR count). The van der Waals surface area contributed by atoms with Gasteiger partial charge in [0.25, 0.3) is 0 Å². The summed E-state index contributed by atoms with van der Waals surface area (Å²) in [6.45, 7) is 4.45. The van der Waals surface area contributed by atoms with Crippen molar-refractivity contribution in [3.05, 3.63) is 54.2 Å². The fraction of sp³-hybridized carbons (Fsp3) is 0.125. The Morgan fingerprint density at radius 3 is 1.68 bits per heavy atom. The molecule has 0 aromatic carbocycles. The molecule has 0 aliphatic carbocycles. The molecule has 15 heteroatoms. The minimum absolute atomic E-state index is 0.744. The summed E-state index contributed by atoms with van der Waals surface area (Å²) < 4.78 is 5.53. The van der Waals surface area contributed by atoms with E-state index in [2.05, 4.69) is 75.6 Å². The van der Waals surface area contributed by atoms with Crippen molar-refractivity contribution in [3.63, 3.8) is 0 Å². The minimum atomic E-state index is -1.95. The van der Waals surface area contributed by atoms with Crippen LogP contribution in [0, 0.1) is 0 Å². The molecule has 0 spiro atoms. The third-order valence-electron chi connectivity index (χ3n) is 3.48. The van der Waals surface area contributed by atoms with Gasteiger partial charge in [0.1, 0.15) is 12.7 Å². The molecular weight excluding hydrogens is 620 g/mol. The molecule has 0 atom stereocenters. The first-order valence-electron chi connectivity index (χ1n) is 8.65. The summed E-state index contributed by atoms with van der Waals surface area (Å²) in [6.07, 6.45) is 4.88. The Balaban J connectivity index is 1.45. The van der Waals surface area contributed by atoms with Gasteiger partial charge in [-0.05, 0) is 56.1 Å². The maximum atomic E-state index is 4.50. The second kappa shape index (κ2) is 10.2. The lowest BCUT2D eigenvalue weighted by molar-refractivity contribution is 0.768. The van der Waals surface area contributed by atoms with E-state index in [1.165, 1.54) is 0 Å². The van der Waals surface area contributed by atoms with Gasteiger partial charge in [-0.25, -0.2) is 0 Å². The lowest BCUT2D eigenvalue weighted by Crippen LogP contribution is -2.17. The zero-order valence-electron chi connectivity index (χ0n) is 16.1. The van der Waals surface area contributed by atoms with Crippen LogP contribution in [0.25, 0.3) is 0 Å². The van der Waals surface area contributed by atoms with Crippen LogP contribution >= 0.6 is 77.0 Å². The summed E-state index contributed by atoms with van der Waals surface area (Å²) in [5.41, 5.74) is 0. The molecule has 4 aromatic rings. The topological polar surface area (TPSA) is 86.1 Å². The number of hydrogen-bond acceptors (Lipinski definition) is 10. The van der Waals surface area contributed by atoms with E-state index in [4.69, 9.17) is 0 Å². The van der Waals surface area contributed by atoms with Gasteiger partial charge in [-0.2, -0.15) is 19.6 Å². The third-order valence-corrected chi connectivity index (χ3v) is 14.0. The van der Waals surface area contributed by atoms with E-state index in [-0.39, 0.29) is 0 Å². The molecule has 0 amide bonds. The average Bonchev–Trinajstić information content (AvgIpc) is 3.49. The van der Waals surface area contributed by atoms with Crippen molar-refractivity contribution in [3.8, 4) is 0 Å². The zero-order valence-corrected chi connectivity index (χ0v) is 23.5. The van der Waals surface area contributed by atoms with E-state index < -0.39 is 6.37 Å². The number of aromatic nitrogens is 6. The summed E-state index contributed by atoms with van der Waals surface area (Å²) in [5, 5.41) is 27.1. The van der Waals surface area contributed by atoms with Crippen molar-refractivity contribution in [1.82, 2.24) is 29.7 Å². The highest BCUT2D eigenvalue weighted by molar-refractivity contribution is 9.11. The highest BCUT2D eigenvalue weighted by Crippen LogP contribution is 2.40. The van der Waals surface area contributed by atoms with Crippen molar-refractivity contribution < 1.29 is 0 Å². The quantitative estimate of drug-likeness (QED) is 0.178. The van der Waals surface area contributed by atoms with Crippen molar-refractivity contribution in [2.75, 3.05) is 0 Å². The number of hydrogen-bond donors (Lipinski definition) is 0. The van der Waals surface area contributed by atoms with Gasteiger partial charge in [0.05, 0.1) is 20.0 Å². The molecule has 4 heterocycles. The summed E-state index contributed by atoms with van der Waals surface area (Å²) in [5.74, 6) is 0. The maximum absolute atomic E-state index is 4.50. The molecular formula is C16H14Br2N8S4Si. The lowest BCUT2D eigenvalue weighted by atomic mass is 10.5. The smallest absolute Gasteiger partial charge is 0.195 e. The predicted molar refractivity (Wildman–Crippen MR) is 139 cm³/mol. The largest absolute Gasteiger partial charge is 0.206 e. The zero-order chi connectivity index (χ0) is 21.8. The van der Waals surface area contributed by atoms with Crippen molar-refractivity contribution >= 4 is 95.8 Å². The second-order valence-corrected chi connectivity index (χ2v) is 23.3. The van der Waals surface area contributed by atoms with Crippen molar-refractivity contribution in [1.29, 1.82) is 0 Å². The Morgan fingerprint density at radius 1 is 0.839 bits per heavy atom. The highest BCUT2D eigenvalue weighted by atomic mass is 79.9. The Labute approximate surface area is 211 Å². The van der Waals surface area contributed by atoms with Gasteiger partial charge in [-0.3, -0.25) is 0 Å². The van der Waals surface area contributed by atoms with Gasteiger partial charge in [0.2, 0.25) is 10.3 Å². The maximum Gasteiger partial charge on any atom is 0.206 e. The van der Waals surface area contributed by atoms with Crippen LogP contribution in [0.4, 0.5) is 0 Å². The van der Waals surface area contributed by atoms with Crippen molar-refractivity contribution in [2.24, 2.45) is 10.2 Å². The van der Waals surface area contributed by atoms with Crippen LogP contribution in [0.1, 0.15) is 9.75 Å². The van der Waals surface area contributed by atoms with E-state index in [1.807, 2.05) is 24.3 Å². The highest BCUT2D eigenvalue weighted by Gasteiger charge is 2.29.